The molecule has 3 aromatic carbocycles. The summed E-state index contributed by atoms with van der Waals surface area (Å²) in [6, 6.07) is 22.1. The van der Waals surface area contributed by atoms with Crippen LogP contribution in [0.4, 0.5) is 10.5 Å². The van der Waals surface area contributed by atoms with Crippen LogP contribution >= 0.6 is 0 Å². The molecule has 0 radical (unpaired) electrons. The van der Waals surface area contributed by atoms with Crippen LogP contribution in [0.25, 0.3) is 10.9 Å². The Morgan fingerprint density at radius 1 is 1.08 bits per heavy atom. The van der Waals surface area contributed by atoms with E-state index >= 15 is 0 Å². The highest BCUT2D eigenvalue weighted by atomic mass is 16.5. The number of hydrogen-bond acceptors (Lipinski definition) is 4. The first-order valence-corrected chi connectivity index (χ1v) is 13.1. The molecule has 198 valence electrons. The first kappa shape index (κ1) is 24.7. The smallest absolute Gasteiger partial charge is 0.332 e. The lowest BCUT2D eigenvalue weighted by atomic mass is 9.87. The van der Waals surface area contributed by atoms with Gasteiger partial charge in [-0.1, -0.05) is 49.4 Å². The van der Waals surface area contributed by atoms with Gasteiger partial charge < -0.3 is 19.9 Å². The molecule has 4 amide bonds. The van der Waals surface area contributed by atoms with Crippen LogP contribution in [-0.4, -0.2) is 47.9 Å². The van der Waals surface area contributed by atoms with Crippen molar-refractivity contribution in [2.45, 2.75) is 31.7 Å². The molecular formula is C31H30N4O4. The zero-order valence-electron chi connectivity index (χ0n) is 22.2. The second kappa shape index (κ2) is 9.31. The fraction of sp³-hybridized carbons (Fsp3) is 0.258. The summed E-state index contributed by atoms with van der Waals surface area (Å²) >= 11 is 0. The number of hydrogen-bond donors (Lipinski definition) is 2. The Labute approximate surface area is 226 Å². The van der Waals surface area contributed by atoms with E-state index in [-0.39, 0.29) is 29.0 Å². The van der Waals surface area contributed by atoms with E-state index in [1.807, 2.05) is 55.5 Å². The van der Waals surface area contributed by atoms with Crippen LogP contribution in [0.1, 0.15) is 46.9 Å². The molecule has 4 aromatic rings. The van der Waals surface area contributed by atoms with Gasteiger partial charge in [0.25, 0.3) is 11.8 Å². The lowest BCUT2D eigenvalue weighted by Crippen LogP contribution is -2.49. The van der Waals surface area contributed by atoms with Gasteiger partial charge in [0, 0.05) is 24.0 Å². The summed E-state index contributed by atoms with van der Waals surface area (Å²) in [5.74, 6) is 0.116. The Morgan fingerprint density at radius 3 is 2.59 bits per heavy atom. The summed E-state index contributed by atoms with van der Waals surface area (Å²) in [5, 5.41) is 3.97. The maximum atomic E-state index is 14.1. The number of benzene rings is 3. The number of aromatic nitrogens is 1. The van der Waals surface area contributed by atoms with Crippen molar-refractivity contribution in [2.24, 2.45) is 0 Å². The van der Waals surface area contributed by atoms with E-state index in [0.717, 1.165) is 32.7 Å². The predicted molar refractivity (Wildman–Crippen MR) is 149 cm³/mol. The maximum Gasteiger partial charge on any atom is 0.332 e. The molecule has 6 rings (SSSR count). The van der Waals surface area contributed by atoms with E-state index < -0.39 is 11.6 Å². The van der Waals surface area contributed by atoms with E-state index in [1.54, 1.807) is 43.2 Å². The molecule has 2 aliphatic rings. The first-order valence-electron chi connectivity index (χ1n) is 13.1. The van der Waals surface area contributed by atoms with Gasteiger partial charge >= 0.3 is 6.03 Å². The monoisotopic (exact) mass is 522 g/mol. The number of H-pyrrole nitrogens is 1. The highest BCUT2D eigenvalue weighted by molar-refractivity contribution is 6.25. The summed E-state index contributed by atoms with van der Waals surface area (Å²) in [5.41, 5.74) is 3.06. The van der Waals surface area contributed by atoms with Crippen LogP contribution in [0, 0.1) is 0 Å². The summed E-state index contributed by atoms with van der Waals surface area (Å²) in [7, 11) is 1.62. The molecule has 0 saturated carbocycles. The number of methoxy groups -OCH3 is 1. The highest BCUT2D eigenvalue weighted by Gasteiger charge is 2.59. The fourth-order valence-electron chi connectivity index (χ4n) is 5.86. The van der Waals surface area contributed by atoms with Gasteiger partial charge in [-0.3, -0.25) is 9.59 Å². The number of nitrogens with zero attached hydrogens (tertiary/aromatic N) is 2. The van der Waals surface area contributed by atoms with Crippen molar-refractivity contribution in [2.75, 3.05) is 25.1 Å². The van der Waals surface area contributed by atoms with Crippen molar-refractivity contribution in [3.8, 4) is 5.75 Å². The van der Waals surface area contributed by atoms with Crippen LogP contribution in [0.2, 0.25) is 0 Å². The number of carbonyl (C=O) groups excluding carboxylic acids is 3. The number of aromatic amines is 1. The topological polar surface area (TPSA) is 94.7 Å². The molecule has 1 fully saturated rings. The van der Waals surface area contributed by atoms with Crippen LogP contribution < -0.4 is 15.0 Å². The molecule has 2 N–H and O–H groups in total. The number of urea groups is 1. The third kappa shape index (κ3) is 3.78. The first-order chi connectivity index (χ1) is 18.8. The van der Waals surface area contributed by atoms with E-state index in [9.17, 15) is 14.4 Å². The third-order valence-corrected chi connectivity index (χ3v) is 8.09. The molecule has 3 heterocycles. The van der Waals surface area contributed by atoms with Gasteiger partial charge in [-0.25, -0.2) is 9.69 Å². The summed E-state index contributed by atoms with van der Waals surface area (Å²) in [6.07, 6.45) is 0.602. The average Bonchev–Trinajstić information content (AvgIpc) is 3.44. The number of ether oxygens (including phenoxy) is 1. The van der Waals surface area contributed by atoms with Crippen LogP contribution in [0.5, 0.6) is 5.75 Å². The number of nitrogens with one attached hydrogen (secondary N) is 2. The van der Waals surface area contributed by atoms with Gasteiger partial charge in [0.2, 0.25) is 0 Å². The number of imide groups is 1. The Bertz CT molecular complexity index is 1610. The molecule has 0 aliphatic carbocycles. The Morgan fingerprint density at radius 2 is 1.82 bits per heavy atom. The molecule has 8 nitrogen and oxygen atoms in total. The number of rotatable bonds is 6. The normalized spacial score (nSPS) is 19.2. The maximum absolute atomic E-state index is 14.1. The molecule has 1 saturated heterocycles. The van der Waals surface area contributed by atoms with E-state index in [2.05, 4.69) is 10.3 Å². The van der Waals surface area contributed by atoms with Gasteiger partial charge in [-0.15, -0.1) is 0 Å². The minimum Gasteiger partial charge on any atom is -0.497 e. The SMILES string of the molecule is COc1ccc2[nH]c3c(c2c1)CCN1C(=O)N(c2ccccc2C(=O)NC[C@@H](C)c2ccccc2)C(=O)[C@]31C. The van der Waals surface area contributed by atoms with Crippen molar-refractivity contribution >= 4 is 34.4 Å². The minimum absolute atomic E-state index is 0.101. The van der Waals surface area contributed by atoms with E-state index in [0.29, 0.717) is 25.2 Å². The second-order valence-corrected chi connectivity index (χ2v) is 10.3. The van der Waals surface area contributed by atoms with Crippen molar-refractivity contribution in [3.05, 3.63) is 95.2 Å². The molecule has 8 heteroatoms. The van der Waals surface area contributed by atoms with Gasteiger partial charge in [0.1, 0.15) is 5.75 Å². The van der Waals surface area contributed by atoms with Gasteiger partial charge in [-0.2, -0.15) is 0 Å². The molecule has 2 aliphatic heterocycles. The van der Waals surface area contributed by atoms with Crippen LogP contribution in [0.3, 0.4) is 0 Å². The highest BCUT2D eigenvalue weighted by Crippen LogP contribution is 2.46. The number of fused-ring (bicyclic) bond motifs is 5. The zero-order valence-corrected chi connectivity index (χ0v) is 22.2. The van der Waals surface area contributed by atoms with Gasteiger partial charge in [-0.05, 0) is 60.7 Å². The number of carbonyl (C=O) groups is 3. The fourth-order valence-corrected chi connectivity index (χ4v) is 5.86. The Balaban J connectivity index is 1.33. The average molecular weight is 523 g/mol. The summed E-state index contributed by atoms with van der Waals surface area (Å²) in [4.78, 5) is 47.5. The number of anilines is 1. The lowest BCUT2D eigenvalue weighted by Gasteiger charge is -2.35. The molecule has 39 heavy (non-hydrogen) atoms. The number of amides is 4. The van der Waals surface area contributed by atoms with Crippen LogP contribution in [-0.2, 0) is 16.8 Å². The molecule has 0 spiro atoms. The van der Waals surface area contributed by atoms with Crippen molar-refractivity contribution in [1.82, 2.24) is 15.2 Å². The predicted octanol–water partition coefficient (Wildman–Crippen LogP) is 4.95. The zero-order chi connectivity index (χ0) is 27.3. The molecule has 1 aromatic heterocycles. The lowest BCUT2D eigenvalue weighted by molar-refractivity contribution is -0.125. The largest absolute Gasteiger partial charge is 0.497 e. The minimum atomic E-state index is -1.22. The molecule has 0 bridgehead atoms. The molecule has 0 unspecified atom stereocenters. The van der Waals surface area contributed by atoms with Gasteiger partial charge in [0.05, 0.1) is 24.1 Å². The Kier molecular flexibility index (Phi) is 5.90. The van der Waals surface area contributed by atoms with Crippen molar-refractivity contribution in [1.29, 1.82) is 0 Å². The standard InChI is InChI=1S/C31H30N4O4/c1-19(20-9-5-4-6-10-20)18-32-28(36)23-11-7-8-12-26(23)35-29(37)31(2)27-22(15-16-34(31)30(35)38)24-17-21(39-3)13-14-25(24)33-27/h4-14,17,19,33H,15-16,18H2,1-3H3,(H,32,36)/t19-,31+/m1/s1. The van der Waals surface area contributed by atoms with Crippen molar-refractivity contribution in [3.63, 3.8) is 0 Å². The summed E-state index contributed by atoms with van der Waals surface area (Å²) in [6.45, 7) is 4.63. The molecule has 2 atom stereocenters. The summed E-state index contributed by atoms with van der Waals surface area (Å²) < 4.78 is 5.41. The van der Waals surface area contributed by atoms with Crippen molar-refractivity contribution < 1.29 is 19.1 Å². The Hall–Kier alpha value is -4.59. The number of para-hydroxylation sites is 1. The van der Waals surface area contributed by atoms with Crippen LogP contribution in [0.15, 0.2) is 72.8 Å². The van der Waals surface area contributed by atoms with Gasteiger partial charge in [0.15, 0.2) is 5.54 Å². The second-order valence-electron chi connectivity index (χ2n) is 10.3. The van der Waals surface area contributed by atoms with E-state index in [4.69, 9.17) is 4.74 Å². The quantitative estimate of drug-likeness (QED) is 0.351. The third-order valence-electron chi connectivity index (χ3n) is 8.09. The molecular weight excluding hydrogens is 492 g/mol. The van der Waals surface area contributed by atoms with E-state index in [1.165, 1.54) is 0 Å².